The molecule has 3 fully saturated rings. The van der Waals surface area contributed by atoms with Crippen LogP contribution in [0.15, 0.2) is 35.5 Å². The fraction of sp³-hybridized carbons (Fsp3) is 0.696. The number of carboxylic acid groups (broad SMARTS) is 1. The largest absolute Gasteiger partial charge is 0.481 e. The molecule has 3 rings (SSSR count). The monoisotopic (exact) mass is 374 g/mol. The van der Waals surface area contributed by atoms with Crippen molar-refractivity contribution in [1.82, 2.24) is 0 Å². The van der Waals surface area contributed by atoms with Crippen LogP contribution in [0, 0.1) is 23.2 Å². The molecule has 0 heterocycles. The van der Waals surface area contributed by atoms with Gasteiger partial charge in [-0.25, -0.2) is 0 Å². The molecule has 150 valence electrons. The topological polar surface area (TPSA) is 77.8 Å². The summed E-state index contributed by atoms with van der Waals surface area (Å²) in [5, 5.41) is 29.2. The van der Waals surface area contributed by atoms with Gasteiger partial charge in [-0.2, -0.15) is 0 Å². The first-order valence-electron chi connectivity index (χ1n) is 10.4. The van der Waals surface area contributed by atoms with Gasteiger partial charge in [0.25, 0.3) is 0 Å². The van der Waals surface area contributed by atoms with Crippen molar-refractivity contribution in [3.8, 4) is 0 Å². The Hall–Kier alpha value is -1.39. The number of fused-ring (bicyclic) bond motifs is 1. The number of hydrogen-bond acceptors (Lipinski definition) is 3. The molecular weight excluding hydrogens is 340 g/mol. The molecule has 27 heavy (non-hydrogen) atoms. The fourth-order valence-corrected chi connectivity index (χ4v) is 6.10. The Labute approximate surface area is 162 Å². The molecule has 3 aliphatic rings. The average molecular weight is 375 g/mol. The van der Waals surface area contributed by atoms with Crippen molar-refractivity contribution in [3.63, 3.8) is 0 Å². The van der Waals surface area contributed by atoms with Crippen LogP contribution in [0.3, 0.4) is 0 Å². The Morgan fingerprint density at radius 3 is 2.78 bits per heavy atom. The van der Waals surface area contributed by atoms with E-state index in [1.54, 1.807) is 0 Å². The van der Waals surface area contributed by atoms with E-state index >= 15 is 0 Å². The maximum absolute atomic E-state index is 11.2. The van der Waals surface area contributed by atoms with E-state index in [0.717, 1.165) is 36.8 Å². The minimum absolute atomic E-state index is 0.181. The number of aliphatic hydroxyl groups is 2. The SMILES string of the molecule is C=C1/C(=C/C=C2\CCC[C@]3(C)[C@@H]([C@H](C)CC(=O)O)CC[C@@H]23)C[C@@H](O)C[C@@H]1O. The lowest BCUT2D eigenvalue weighted by atomic mass is 9.61. The van der Waals surface area contributed by atoms with E-state index in [2.05, 4.69) is 32.6 Å². The summed E-state index contributed by atoms with van der Waals surface area (Å²) >= 11 is 0. The molecule has 0 saturated heterocycles. The number of aliphatic hydroxyl groups excluding tert-OH is 2. The van der Waals surface area contributed by atoms with Gasteiger partial charge in [-0.3, -0.25) is 4.79 Å². The Bertz CT molecular complexity index is 661. The van der Waals surface area contributed by atoms with E-state index in [0.29, 0.717) is 24.7 Å². The van der Waals surface area contributed by atoms with Crippen molar-refractivity contribution in [2.45, 2.75) is 77.4 Å². The second-order valence-corrected chi connectivity index (χ2v) is 9.24. The van der Waals surface area contributed by atoms with Gasteiger partial charge in [-0.05, 0) is 72.8 Å². The summed E-state index contributed by atoms with van der Waals surface area (Å²) in [5.41, 5.74) is 3.31. The number of carbonyl (C=O) groups is 1. The van der Waals surface area contributed by atoms with Crippen LogP contribution in [0.5, 0.6) is 0 Å². The van der Waals surface area contributed by atoms with Crippen LogP contribution in [0.2, 0.25) is 0 Å². The van der Waals surface area contributed by atoms with Gasteiger partial charge in [-0.1, -0.05) is 38.2 Å². The highest BCUT2D eigenvalue weighted by molar-refractivity contribution is 5.67. The van der Waals surface area contributed by atoms with Gasteiger partial charge in [0.05, 0.1) is 12.2 Å². The van der Waals surface area contributed by atoms with E-state index in [1.807, 2.05) is 0 Å². The summed E-state index contributed by atoms with van der Waals surface area (Å²) in [7, 11) is 0. The first-order valence-corrected chi connectivity index (χ1v) is 10.4. The van der Waals surface area contributed by atoms with Crippen LogP contribution in [0.1, 0.15) is 65.2 Å². The third kappa shape index (κ3) is 4.07. The van der Waals surface area contributed by atoms with E-state index in [4.69, 9.17) is 0 Å². The van der Waals surface area contributed by atoms with Crippen molar-refractivity contribution < 1.29 is 20.1 Å². The molecule has 4 nitrogen and oxygen atoms in total. The second-order valence-electron chi connectivity index (χ2n) is 9.24. The highest BCUT2D eigenvalue weighted by Crippen LogP contribution is 2.59. The van der Waals surface area contributed by atoms with Crippen LogP contribution in [0.4, 0.5) is 0 Å². The zero-order valence-electron chi connectivity index (χ0n) is 16.7. The molecule has 0 aliphatic heterocycles. The molecule has 3 saturated carbocycles. The molecule has 0 bridgehead atoms. The van der Waals surface area contributed by atoms with Gasteiger partial charge >= 0.3 is 5.97 Å². The molecule has 0 spiro atoms. The minimum Gasteiger partial charge on any atom is -0.481 e. The number of rotatable bonds is 4. The van der Waals surface area contributed by atoms with Gasteiger partial charge in [0, 0.05) is 12.8 Å². The lowest BCUT2D eigenvalue weighted by molar-refractivity contribution is -0.138. The molecule has 0 aromatic heterocycles. The standard InChI is InChI=1S/C23H34O4/c1-14(11-22(26)27)19-8-9-20-16(5-4-10-23(19,20)3)6-7-17-12-18(24)13-21(25)15(17)2/h6-7,14,18-21,24-25H,2,4-5,8-13H2,1,3H3,(H,26,27)/b16-6+,17-7+/t14-,18-,19-,20+,21+,23-/m1/s1. The van der Waals surface area contributed by atoms with Crippen molar-refractivity contribution >= 4 is 5.97 Å². The Morgan fingerprint density at radius 1 is 1.33 bits per heavy atom. The van der Waals surface area contributed by atoms with E-state index in [9.17, 15) is 20.1 Å². The maximum Gasteiger partial charge on any atom is 0.303 e. The summed E-state index contributed by atoms with van der Waals surface area (Å²) in [4.78, 5) is 11.2. The van der Waals surface area contributed by atoms with Gasteiger partial charge in [0.2, 0.25) is 0 Å². The Balaban J connectivity index is 1.80. The predicted molar refractivity (Wildman–Crippen MR) is 106 cm³/mol. The molecule has 0 aromatic rings. The first kappa shape index (κ1) is 20.3. The lowest BCUT2D eigenvalue weighted by Crippen LogP contribution is -2.36. The Morgan fingerprint density at radius 2 is 2.07 bits per heavy atom. The first-order chi connectivity index (χ1) is 12.7. The maximum atomic E-state index is 11.2. The zero-order chi connectivity index (χ0) is 19.8. The fourth-order valence-electron chi connectivity index (χ4n) is 6.10. The van der Waals surface area contributed by atoms with Gasteiger partial charge in [-0.15, -0.1) is 0 Å². The third-order valence-electron chi connectivity index (χ3n) is 7.49. The molecule has 4 heteroatoms. The summed E-state index contributed by atoms with van der Waals surface area (Å²) in [6, 6.07) is 0. The van der Waals surface area contributed by atoms with Crippen LogP contribution >= 0.6 is 0 Å². The molecule has 0 amide bonds. The summed E-state index contributed by atoms with van der Waals surface area (Å²) in [6.07, 6.45) is 9.93. The number of allylic oxidation sites excluding steroid dienone is 3. The van der Waals surface area contributed by atoms with Gasteiger partial charge < -0.3 is 15.3 Å². The smallest absolute Gasteiger partial charge is 0.303 e. The van der Waals surface area contributed by atoms with Crippen molar-refractivity contribution in [1.29, 1.82) is 0 Å². The highest BCUT2D eigenvalue weighted by Gasteiger charge is 2.50. The molecule has 0 unspecified atom stereocenters. The highest BCUT2D eigenvalue weighted by atomic mass is 16.4. The van der Waals surface area contributed by atoms with E-state index < -0.39 is 18.2 Å². The van der Waals surface area contributed by atoms with Crippen molar-refractivity contribution in [2.24, 2.45) is 23.2 Å². The summed E-state index contributed by atoms with van der Waals surface area (Å²) in [6.45, 7) is 8.46. The van der Waals surface area contributed by atoms with Crippen LogP contribution in [-0.4, -0.2) is 33.5 Å². The normalized spacial score (nSPS) is 41.0. The quantitative estimate of drug-likeness (QED) is 0.688. The van der Waals surface area contributed by atoms with Gasteiger partial charge in [0.15, 0.2) is 0 Å². The number of aliphatic carboxylic acids is 1. The van der Waals surface area contributed by atoms with Crippen molar-refractivity contribution in [3.05, 3.63) is 35.5 Å². The molecule has 0 radical (unpaired) electrons. The minimum atomic E-state index is -0.696. The summed E-state index contributed by atoms with van der Waals surface area (Å²) < 4.78 is 0. The zero-order valence-corrected chi connectivity index (χ0v) is 16.7. The second kappa shape index (κ2) is 7.92. The summed E-state index contributed by atoms with van der Waals surface area (Å²) in [5.74, 6) is 0.483. The number of hydrogen-bond donors (Lipinski definition) is 3. The molecule has 3 aliphatic carbocycles. The average Bonchev–Trinajstić information content (AvgIpc) is 2.93. The predicted octanol–water partition coefficient (Wildman–Crippen LogP) is 4.24. The number of carboxylic acids is 1. The molecular formula is C23H34O4. The molecule has 0 aromatic carbocycles. The van der Waals surface area contributed by atoms with E-state index in [-0.39, 0.29) is 17.8 Å². The third-order valence-corrected chi connectivity index (χ3v) is 7.49. The van der Waals surface area contributed by atoms with Crippen LogP contribution in [0.25, 0.3) is 0 Å². The van der Waals surface area contributed by atoms with Crippen LogP contribution in [-0.2, 0) is 4.79 Å². The van der Waals surface area contributed by atoms with Gasteiger partial charge in [0.1, 0.15) is 0 Å². The van der Waals surface area contributed by atoms with E-state index in [1.165, 1.54) is 12.0 Å². The molecule has 3 N–H and O–H groups in total. The van der Waals surface area contributed by atoms with Crippen molar-refractivity contribution in [2.75, 3.05) is 0 Å². The molecule has 6 atom stereocenters. The Kier molecular flexibility index (Phi) is 5.97. The lowest BCUT2D eigenvalue weighted by Gasteiger charge is -2.44. The van der Waals surface area contributed by atoms with Crippen LogP contribution < -0.4 is 0 Å².